The van der Waals surface area contributed by atoms with Gasteiger partial charge < -0.3 is 10.2 Å². The second kappa shape index (κ2) is 6.70. The molecule has 1 heterocycles. The topological polar surface area (TPSA) is 15.3 Å². The molecule has 0 radical (unpaired) electrons. The Hall–Kier alpha value is 0.270. The van der Waals surface area contributed by atoms with Gasteiger partial charge in [0, 0.05) is 12.1 Å². The first kappa shape index (κ1) is 12.3. The molecule has 1 aliphatic rings. The maximum absolute atomic E-state index is 3.73. The summed E-state index contributed by atoms with van der Waals surface area (Å²) in [4.78, 5) is 2.42. The van der Waals surface area contributed by atoms with Gasteiger partial charge in [0.2, 0.25) is 0 Å². The lowest BCUT2D eigenvalue weighted by molar-refractivity contribution is 0.225. The van der Waals surface area contributed by atoms with Gasteiger partial charge in [-0.1, -0.05) is 0 Å². The molecule has 84 valence electrons. The van der Waals surface area contributed by atoms with Gasteiger partial charge in [-0.3, -0.25) is 0 Å². The van der Waals surface area contributed by atoms with E-state index < -0.39 is 0 Å². The summed E-state index contributed by atoms with van der Waals surface area (Å²) in [6.45, 7) is 4.83. The average Bonchev–Trinajstić information content (AvgIpc) is 2.18. The molecular weight excluding hydrogens is 192 g/mol. The zero-order valence-electron chi connectivity index (χ0n) is 9.75. The molecule has 1 atom stereocenters. The molecule has 1 aliphatic heterocycles. The molecule has 2 nitrogen and oxygen atoms in total. The Kier molecular flexibility index (Phi) is 5.90. The summed E-state index contributed by atoms with van der Waals surface area (Å²) >= 11 is 1.94. The predicted octanol–water partition coefficient (Wildman–Crippen LogP) is 1.81. The van der Waals surface area contributed by atoms with Gasteiger partial charge in [0.05, 0.1) is 0 Å². The SMILES string of the molecule is CSCCC(C)NC1CCN(C)CC1. The molecule has 1 unspecified atom stereocenters. The van der Waals surface area contributed by atoms with E-state index in [9.17, 15) is 0 Å². The third-order valence-corrected chi connectivity index (χ3v) is 3.64. The third kappa shape index (κ3) is 4.67. The first-order valence-electron chi connectivity index (χ1n) is 5.66. The zero-order valence-corrected chi connectivity index (χ0v) is 10.6. The Morgan fingerprint density at radius 3 is 2.64 bits per heavy atom. The van der Waals surface area contributed by atoms with Crippen LogP contribution in [0.4, 0.5) is 0 Å². The number of thioether (sulfide) groups is 1. The fourth-order valence-corrected chi connectivity index (χ4v) is 2.54. The van der Waals surface area contributed by atoms with Crippen molar-refractivity contribution in [2.75, 3.05) is 32.1 Å². The highest BCUT2D eigenvalue weighted by molar-refractivity contribution is 7.98. The number of piperidine rings is 1. The Labute approximate surface area is 92.8 Å². The molecule has 1 saturated heterocycles. The standard InChI is InChI=1S/C11H24N2S/c1-10(6-9-14-3)12-11-4-7-13(2)8-5-11/h10-12H,4-9H2,1-3H3. The lowest BCUT2D eigenvalue weighted by Gasteiger charge is -2.31. The van der Waals surface area contributed by atoms with E-state index >= 15 is 0 Å². The average molecular weight is 216 g/mol. The number of rotatable bonds is 5. The van der Waals surface area contributed by atoms with E-state index in [1.165, 1.54) is 38.1 Å². The van der Waals surface area contributed by atoms with E-state index in [0.717, 1.165) is 6.04 Å². The zero-order chi connectivity index (χ0) is 10.4. The van der Waals surface area contributed by atoms with Crippen molar-refractivity contribution in [3.63, 3.8) is 0 Å². The number of nitrogens with one attached hydrogen (secondary N) is 1. The van der Waals surface area contributed by atoms with Crippen LogP contribution in [0.15, 0.2) is 0 Å². The summed E-state index contributed by atoms with van der Waals surface area (Å²) in [6, 6.07) is 1.46. The minimum Gasteiger partial charge on any atom is -0.311 e. The van der Waals surface area contributed by atoms with Gasteiger partial charge in [0.15, 0.2) is 0 Å². The van der Waals surface area contributed by atoms with E-state index in [2.05, 4.69) is 30.4 Å². The molecule has 1 fully saturated rings. The van der Waals surface area contributed by atoms with Crippen LogP contribution in [0.25, 0.3) is 0 Å². The van der Waals surface area contributed by atoms with Gasteiger partial charge in [0.1, 0.15) is 0 Å². The van der Waals surface area contributed by atoms with Crippen LogP contribution >= 0.6 is 11.8 Å². The normalized spacial score (nSPS) is 22.5. The minimum absolute atomic E-state index is 0.691. The first-order valence-corrected chi connectivity index (χ1v) is 7.05. The van der Waals surface area contributed by atoms with Crippen molar-refractivity contribution in [1.82, 2.24) is 10.2 Å². The van der Waals surface area contributed by atoms with Crippen molar-refractivity contribution in [3.8, 4) is 0 Å². The van der Waals surface area contributed by atoms with Crippen LogP contribution in [0.5, 0.6) is 0 Å². The van der Waals surface area contributed by atoms with Crippen LogP contribution in [0.1, 0.15) is 26.2 Å². The summed E-state index contributed by atoms with van der Waals surface area (Å²) in [5.74, 6) is 1.28. The summed E-state index contributed by atoms with van der Waals surface area (Å²) in [5.41, 5.74) is 0. The van der Waals surface area contributed by atoms with Gasteiger partial charge in [-0.15, -0.1) is 0 Å². The molecule has 0 aromatic carbocycles. The number of nitrogens with zero attached hydrogens (tertiary/aromatic N) is 1. The second-order valence-corrected chi connectivity index (χ2v) is 5.41. The van der Waals surface area contributed by atoms with Crippen molar-refractivity contribution >= 4 is 11.8 Å². The molecule has 1 rings (SSSR count). The van der Waals surface area contributed by atoms with Gasteiger partial charge in [-0.2, -0.15) is 11.8 Å². The first-order chi connectivity index (χ1) is 6.72. The van der Waals surface area contributed by atoms with Crippen molar-refractivity contribution in [2.24, 2.45) is 0 Å². The molecule has 0 saturated carbocycles. The summed E-state index contributed by atoms with van der Waals surface area (Å²) in [6.07, 6.45) is 6.12. The molecule has 14 heavy (non-hydrogen) atoms. The van der Waals surface area contributed by atoms with Crippen LogP contribution in [0.3, 0.4) is 0 Å². The molecule has 0 amide bonds. The summed E-state index contributed by atoms with van der Waals surface area (Å²) in [7, 11) is 2.22. The summed E-state index contributed by atoms with van der Waals surface area (Å²) in [5, 5.41) is 3.73. The number of likely N-dealkylation sites (tertiary alicyclic amines) is 1. The Bertz CT molecular complexity index is 144. The highest BCUT2D eigenvalue weighted by Gasteiger charge is 2.17. The van der Waals surface area contributed by atoms with E-state index in [1.54, 1.807) is 0 Å². The maximum Gasteiger partial charge on any atom is 0.00938 e. The lowest BCUT2D eigenvalue weighted by atomic mass is 10.0. The lowest BCUT2D eigenvalue weighted by Crippen LogP contribution is -2.44. The molecule has 0 aromatic rings. The van der Waals surface area contributed by atoms with Crippen molar-refractivity contribution in [3.05, 3.63) is 0 Å². The number of hydrogen-bond donors (Lipinski definition) is 1. The molecule has 3 heteroatoms. The highest BCUT2D eigenvalue weighted by Crippen LogP contribution is 2.10. The number of hydrogen-bond acceptors (Lipinski definition) is 3. The van der Waals surface area contributed by atoms with Crippen molar-refractivity contribution in [2.45, 2.75) is 38.3 Å². The monoisotopic (exact) mass is 216 g/mol. The largest absolute Gasteiger partial charge is 0.311 e. The summed E-state index contributed by atoms with van der Waals surface area (Å²) < 4.78 is 0. The van der Waals surface area contributed by atoms with Crippen LogP contribution in [0, 0.1) is 0 Å². The molecule has 1 N–H and O–H groups in total. The van der Waals surface area contributed by atoms with Crippen molar-refractivity contribution in [1.29, 1.82) is 0 Å². The Balaban J connectivity index is 2.10. The molecule has 0 spiro atoms. The quantitative estimate of drug-likeness (QED) is 0.754. The Morgan fingerprint density at radius 2 is 2.07 bits per heavy atom. The van der Waals surface area contributed by atoms with Gasteiger partial charge in [-0.05, 0) is 58.3 Å². The Morgan fingerprint density at radius 1 is 1.43 bits per heavy atom. The van der Waals surface area contributed by atoms with Crippen LogP contribution in [-0.4, -0.2) is 49.1 Å². The van der Waals surface area contributed by atoms with Gasteiger partial charge >= 0.3 is 0 Å². The minimum atomic E-state index is 0.691. The molecule has 0 aromatic heterocycles. The maximum atomic E-state index is 3.73. The van der Waals surface area contributed by atoms with Gasteiger partial charge in [0.25, 0.3) is 0 Å². The van der Waals surface area contributed by atoms with E-state index in [1.807, 2.05) is 11.8 Å². The highest BCUT2D eigenvalue weighted by atomic mass is 32.2. The molecular formula is C11H24N2S. The third-order valence-electron chi connectivity index (χ3n) is 2.99. The molecule has 0 bridgehead atoms. The fraction of sp³-hybridized carbons (Fsp3) is 1.00. The van der Waals surface area contributed by atoms with Crippen LogP contribution in [-0.2, 0) is 0 Å². The van der Waals surface area contributed by atoms with E-state index in [4.69, 9.17) is 0 Å². The van der Waals surface area contributed by atoms with E-state index in [0.29, 0.717) is 6.04 Å². The molecule has 0 aliphatic carbocycles. The smallest absolute Gasteiger partial charge is 0.00938 e. The fourth-order valence-electron chi connectivity index (χ4n) is 1.96. The van der Waals surface area contributed by atoms with Gasteiger partial charge in [-0.25, -0.2) is 0 Å². The van der Waals surface area contributed by atoms with E-state index in [-0.39, 0.29) is 0 Å². The van der Waals surface area contributed by atoms with Crippen molar-refractivity contribution < 1.29 is 0 Å². The predicted molar refractivity (Wildman–Crippen MR) is 66.1 cm³/mol. The van der Waals surface area contributed by atoms with Crippen LogP contribution < -0.4 is 5.32 Å². The second-order valence-electron chi connectivity index (χ2n) is 4.43. The van der Waals surface area contributed by atoms with Crippen LogP contribution in [0.2, 0.25) is 0 Å².